The first-order valence-electron chi connectivity index (χ1n) is 7.87. The molecular weight excluding hydrogens is 334 g/mol. The van der Waals surface area contributed by atoms with Crippen LogP contribution in [0.2, 0.25) is 0 Å². The van der Waals surface area contributed by atoms with Crippen LogP contribution in [-0.2, 0) is 7.05 Å². The van der Waals surface area contributed by atoms with Crippen molar-refractivity contribution in [3.63, 3.8) is 0 Å². The lowest BCUT2D eigenvalue weighted by Crippen LogP contribution is -2.29. The van der Waals surface area contributed by atoms with Crippen LogP contribution in [0, 0.1) is 13.8 Å². The summed E-state index contributed by atoms with van der Waals surface area (Å²) in [7, 11) is 1.68. The molecule has 8 nitrogen and oxygen atoms in total. The number of phenolic OH excluding ortho intramolecular Hbond substituents is 1. The molecular formula is C18H19N5O3. The third-order valence-electron chi connectivity index (χ3n) is 4.43. The molecule has 0 unspecified atom stereocenters. The van der Waals surface area contributed by atoms with E-state index in [4.69, 9.17) is 11.5 Å². The highest BCUT2D eigenvalue weighted by Crippen LogP contribution is 2.29. The van der Waals surface area contributed by atoms with E-state index in [9.17, 15) is 14.7 Å². The number of carbonyl (C=O) groups excluding carboxylic acids is 1. The van der Waals surface area contributed by atoms with Gasteiger partial charge in [0.25, 0.3) is 11.5 Å². The molecule has 2 heterocycles. The summed E-state index contributed by atoms with van der Waals surface area (Å²) < 4.78 is 2.73. The van der Waals surface area contributed by atoms with Crippen molar-refractivity contribution in [2.45, 2.75) is 13.8 Å². The second-order valence-corrected chi connectivity index (χ2v) is 6.08. The second kappa shape index (κ2) is 6.07. The molecule has 2 aromatic heterocycles. The number of nitrogens with zero attached hydrogens (tertiary/aromatic N) is 3. The van der Waals surface area contributed by atoms with Crippen LogP contribution in [0.15, 0.2) is 35.3 Å². The summed E-state index contributed by atoms with van der Waals surface area (Å²) in [6.45, 7) is 3.46. The molecule has 0 radical (unpaired) electrons. The van der Waals surface area contributed by atoms with Gasteiger partial charge >= 0.3 is 0 Å². The van der Waals surface area contributed by atoms with Gasteiger partial charge in [-0.1, -0.05) is 6.07 Å². The quantitative estimate of drug-likeness (QED) is 0.652. The lowest BCUT2D eigenvalue weighted by molar-refractivity contribution is 0.100. The largest absolute Gasteiger partial charge is 0.508 e. The number of phenols is 1. The fraction of sp³-hybridized carbons (Fsp3) is 0.167. The van der Waals surface area contributed by atoms with Gasteiger partial charge in [-0.25, -0.2) is 0 Å². The highest BCUT2D eigenvalue weighted by atomic mass is 16.3. The summed E-state index contributed by atoms with van der Waals surface area (Å²) in [5.41, 5.74) is 13.5. The number of anilines is 1. The maximum atomic E-state index is 13.2. The standard InChI is InChI=1S/C18H19N5O3/c1-9-4-5-14(24)10(2)15(9)23-16(19)12(17(20)25)8-11(18(23)26)13-6-7-21-22(13)3/h4-8,24H,19H2,1-3H3,(H2,20,25). The van der Waals surface area contributed by atoms with Crippen LogP contribution in [0.5, 0.6) is 5.75 Å². The fourth-order valence-electron chi connectivity index (χ4n) is 3.04. The van der Waals surface area contributed by atoms with E-state index < -0.39 is 11.5 Å². The van der Waals surface area contributed by atoms with Crippen LogP contribution >= 0.6 is 0 Å². The molecule has 8 heteroatoms. The topological polar surface area (TPSA) is 129 Å². The molecule has 0 saturated heterocycles. The van der Waals surface area contributed by atoms with Gasteiger partial charge in [-0.3, -0.25) is 18.8 Å². The van der Waals surface area contributed by atoms with E-state index >= 15 is 0 Å². The summed E-state index contributed by atoms with van der Waals surface area (Å²) in [4.78, 5) is 25.2. The number of primary amides is 1. The minimum absolute atomic E-state index is 0.0166. The maximum Gasteiger partial charge on any atom is 0.266 e. The predicted octanol–water partition coefficient (Wildman–Crippen LogP) is 1.24. The molecule has 3 rings (SSSR count). The highest BCUT2D eigenvalue weighted by molar-refractivity contribution is 5.98. The lowest BCUT2D eigenvalue weighted by Gasteiger charge is -2.19. The molecule has 3 aromatic rings. The fourth-order valence-corrected chi connectivity index (χ4v) is 3.04. The highest BCUT2D eigenvalue weighted by Gasteiger charge is 2.22. The molecule has 0 aliphatic carbocycles. The van der Waals surface area contributed by atoms with Crippen molar-refractivity contribution in [3.05, 3.63) is 57.5 Å². The summed E-state index contributed by atoms with van der Waals surface area (Å²) in [6.07, 6.45) is 1.55. The molecule has 0 aliphatic rings. The Bertz CT molecular complexity index is 1090. The normalized spacial score (nSPS) is 10.9. The van der Waals surface area contributed by atoms with E-state index in [1.54, 1.807) is 39.2 Å². The first-order chi connectivity index (χ1) is 12.2. The first kappa shape index (κ1) is 17.3. The zero-order chi connectivity index (χ0) is 19.2. The number of amides is 1. The Morgan fingerprint density at radius 2 is 1.92 bits per heavy atom. The van der Waals surface area contributed by atoms with Crippen LogP contribution in [0.4, 0.5) is 5.82 Å². The van der Waals surface area contributed by atoms with E-state index in [0.29, 0.717) is 22.5 Å². The Balaban J connectivity index is 2.49. The number of hydrogen-bond donors (Lipinski definition) is 3. The number of aromatic hydroxyl groups is 1. The molecule has 1 amide bonds. The van der Waals surface area contributed by atoms with Gasteiger partial charge in [-0.15, -0.1) is 0 Å². The van der Waals surface area contributed by atoms with E-state index in [1.807, 2.05) is 0 Å². The molecule has 1 aromatic carbocycles. The molecule has 5 N–H and O–H groups in total. The number of pyridine rings is 1. The van der Waals surface area contributed by atoms with Crippen molar-refractivity contribution in [2.24, 2.45) is 12.8 Å². The summed E-state index contributed by atoms with van der Waals surface area (Å²) in [6, 6.07) is 6.24. The number of benzene rings is 1. The van der Waals surface area contributed by atoms with Gasteiger partial charge in [0.15, 0.2) is 0 Å². The van der Waals surface area contributed by atoms with E-state index in [-0.39, 0.29) is 22.7 Å². The maximum absolute atomic E-state index is 13.2. The van der Waals surface area contributed by atoms with Gasteiger partial charge < -0.3 is 16.6 Å². The van der Waals surface area contributed by atoms with Crippen molar-refractivity contribution in [1.82, 2.24) is 14.3 Å². The van der Waals surface area contributed by atoms with Crippen LogP contribution in [0.3, 0.4) is 0 Å². The third-order valence-corrected chi connectivity index (χ3v) is 4.43. The van der Waals surface area contributed by atoms with Gasteiger partial charge in [-0.05, 0) is 37.6 Å². The van der Waals surface area contributed by atoms with Crippen molar-refractivity contribution in [2.75, 3.05) is 5.73 Å². The molecule has 26 heavy (non-hydrogen) atoms. The molecule has 0 bridgehead atoms. The van der Waals surface area contributed by atoms with Crippen molar-refractivity contribution < 1.29 is 9.90 Å². The Kier molecular flexibility index (Phi) is 4.03. The summed E-state index contributed by atoms with van der Waals surface area (Å²) in [5, 5.41) is 14.1. The number of aryl methyl sites for hydroxylation is 2. The van der Waals surface area contributed by atoms with Crippen LogP contribution < -0.4 is 17.0 Å². The van der Waals surface area contributed by atoms with Gasteiger partial charge in [-0.2, -0.15) is 5.10 Å². The van der Waals surface area contributed by atoms with Gasteiger partial charge in [0.05, 0.1) is 22.5 Å². The number of carbonyl (C=O) groups is 1. The molecule has 0 fully saturated rings. The molecule has 0 saturated carbocycles. The zero-order valence-electron chi connectivity index (χ0n) is 14.6. The molecule has 134 valence electrons. The number of aromatic nitrogens is 3. The van der Waals surface area contributed by atoms with Crippen LogP contribution in [-0.4, -0.2) is 25.4 Å². The Labute approximate surface area is 149 Å². The number of nitrogens with two attached hydrogens (primary N) is 2. The van der Waals surface area contributed by atoms with Crippen molar-refractivity contribution in [1.29, 1.82) is 0 Å². The van der Waals surface area contributed by atoms with E-state index in [2.05, 4.69) is 5.10 Å². The molecule has 0 spiro atoms. The van der Waals surface area contributed by atoms with Crippen molar-refractivity contribution >= 4 is 11.7 Å². The Hall–Kier alpha value is -3.55. The predicted molar refractivity (Wildman–Crippen MR) is 98.3 cm³/mol. The zero-order valence-corrected chi connectivity index (χ0v) is 14.6. The van der Waals surface area contributed by atoms with Crippen molar-refractivity contribution in [3.8, 4) is 22.7 Å². The number of hydrogen-bond acceptors (Lipinski definition) is 5. The Morgan fingerprint density at radius 1 is 1.23 bits per heavy atom. The van der Waals surface area contributed by atoms with Gasteiger partial charge in [0, 0.05) is 18.8 Å². The molecule has 0 aliphatic heterocycles. The lowest BCUT2D eigenvalue weighted by atomic mass is 10.0. The van der Waals surface area contributed by atoms with Crippen LogP contribution in [0.1, 0.15) is 21.5 Å². The monoisotopic (exact) mass is 353 g/mol. The minimum Gasteiger partial charge on any atom is -0.508 e. The first-order valence-corrected chi connectivity index (χ1v) is 7.87. The van der Waals surface area contributed by atoms with E-state index in [0.717, 1.165) is 0 Å². The van der Waals surface area contributed by atoms with Gasteiger partial charge in [0.1, 0.15) is 11.6 Å². The third kappa shape index (κ3) is 2.52. The summed E-state index contributed by atoms with van der Waals surface area (Å²) in [5.74, 6) is -0.816. The Morgan fingerprint density at radius 3 is 2.50 bits per heavy atom. The summed E-state index contributed by atoms with van der Waals surface area (Å²) >= 11 is 0. The number of rotatable bonds is 3. The van der Waals surface area contributed by atoms with E-state index in [1.165, 1.54) is 21.4 Å². The smallest absolute Gasteiger partial charge is 0.266 e. The number of nitrogen functional groups attached to an aromatic ring is 1. The van der Waals surface area contributed by atoms with Crippen LogP contribution in [0.25, 0.3) is 16.9 Å². The van der Waals surface area contributed by atoms with Gasteiger partial charge in [0.2, 0.25) is 0 Å². The SMILES string of the molecule is Cc1ccc(O)c(C)c1-n1c(N)c(C(N)=O)cc(-c2ccnn2C)c1=O. The average molecular weight is 353 g/mol. The minimum atomic E-state index is -0.755. The average Bonchev–Trinajstić information content (AvgIpc) is 3.00. The molecule has 0 atom stereocenters. The second-order valence-electron chi connectivity index (χ2n) is 6.08.